The average Bonchev–Trinajstić information content (AvgIpc) is 3.53. The van der Waals surface area contributed by atoms with Gasteiger partial charge in [0.25, 0.3) is 0 Å². The van der Waals surface area contributed by atoms with Gasteiger partial charge < -0.3 is 14.7 Å². The first kappa shape index (κ1) is 23.1. The Bertz CT molecular complexity index is 1120. The molecule has 1 N–H and O–H groups in total. The molecule has 0 radical (unpaired) electrons. The number of nitrogens with one attached hydrogen (secondary N) is 1. The lowest BCUT2D eigenvalue weighted by Gasteiger charge is -2.28. The van der Waals surface area contributed by atoms with Crippen LogP contribution < -0.4 is 5.32 Å². The fourth-order valence-electron chi connectivity index (χ4n) is 4.28. The summed E-state index contributed by atoms with van der Waals surface area (Å²) >= 11 is 1.62. The van der Waals surface area contributed by atoms with Gasteiger partial charge in [-0.2, -0.15) is 4.98 Å². The molecule has 0 spiro atoms. The van der Waals surface area contributed by atoms with Crippen LogP contribution in [0.1, 0.15) is 55.6 Å². The zero-order chi connectivity index (χ0) is 23.5. The van der Waals surface area contributed by atoms with Crippen LogP contribution in [0.25, 0.3) is 10.4 Å². The van der Waals surface area contributed by atoms with Crippen molar-refractivity contribution in [2.75, 3.05) is 6.54 Å². The summed E-state index contributed by atoms with van der Waals surface area (Å²) in [6.45, 7) is 8.58. The van der Waals surface area contributed by atoms with Crippen LogP contribution in [-0.2, 0) is 16.1 Å². The normalized spacial score (nSPS) is 16.9. The van der Waals surface area contributed by atoms with E-state index in [9.17, 15) is 9.59 Å². The summed E-state index contributed by atoms with van der Waals surface area (Å²) in [7, 11) is 0. The minimum absolute atomic E-state index is 0.0143. The first-order valence-electron chi connectivity index (χ1n) is 11.2. The molecular weight excluding hydrogens is 438 g/mol. The number of nitrogens with zero attached hydrogens (tertiary/aromatic N) is 4. The van der Waals surface area contributed by atoms with E-state index in [0.29, 0.717) is 31.2 Å². The molecule has 9 heteroatoms. The number of amides is 2. The highest BCUT2D eigenvalue weighted by atomic mass is 32.1. The molecule has 33 heavy (non-hydrogen) atoms. The number of aryl methyl sites for hydroxylation is 2. The van der Waals surface area contributed by atoms with Crippen LogP contribution in [0.5, 0.6) is 0 Å². The standard InChI is InChI=1S/C24H29N5O3S/c1-14(2)20(22-27-16(4)32-28-22)24(31)29-11-5-6-19(29)23(30)25-12-17-7-9-18(10-8-17)21-15(3)26-13-33-21/h7-10,13-14,19-20H,5-6,11-12H2,1-4H3,(H,25,30)/t19-,20?/m0/s1. The molecule has 4 rings (SSSR count). The lowest BCUT2D eigenvalue weighted by Crippen LogP contribution is -2.48. The van der Waals surface area contributed by atoms with Gasteiger partial charge in [-0.25, -0.2) is 4.98 Å². The Morgan fingerprint density at radius 2 is 2.00 bits per heavy atom. The molecule has 1 aliphatic heterocycles. The number of likely N-dealkylation sites (tertiary alicyclic amines) is 1. The molecule has 3 heterocycles. The topological polar surface area (TPSA) is 101 Å². The van der Waals surface area contributed by atoms with Crippen molar-refractivity contribution >= 4 is 23.2 Å². The first-order valence-corrected chi connectivity index (χ1v) is 12.1. The SMILES string of the molecule is Cc1nc(C(C(=O)N2CCC[C@H]2C(=O)NCc2ccc(-c3scnc3C)cc2)C(C)C)no1. The van der Waals surface area contributed by atoms with Gasteiger partial charge in [-0.1, -0.05) is 43.3 Å². The van der Waals surface area contributed by atoms with E-state index in [4.69, 9.17) is 4.52 Å². The highest BCUT2D eigenvalue weighted by molar-refractivity contribution is 7.13. The number of carbonyl (C=O) groups excluding carboxylic acids is 2. The largest absolute Gasteiger partial charge is 0.350 e. The molecule has 1 saturated heterocycles. The minimum atomic E-state index is -0.529. The first-order chi connectivity index (χ1) is 15.8. The molecule has 3 aromatic rings. The number of aromatic nitrogens is 3. The van der Waals surface area contributed by atoms with Crippen LogP contribution in [0, 0.1) is 19.8 Å². The van der Waals surface area contributed by atoms with E-state index in [0.717, 1.165) is 28.1 Å². The second-order valence-corrected chi connectivity index (χ2v) is 9.62. The molecule has 1 aromatic carbocycles. The van der Waals surface area contributed by atoms with Crippen molar-refractivity contribution in [3.8, 4) is 10.4 Å². The van der Waals surface area contributed by atoms with Gasteiger partial charge in [0.15, 0.2) is 5.82 Å². The third-order valence-electron chi connectivity index (χ3n) is 6.02. The lowest BCUT2D eigenvalue weighted by molar-refractivity contribution is -0.140. The minimum Gasteiger partial charge on any atom is -0.350 e. The highest BCUT2D eigenvalue weighted by Gasteiger charge is 2.40. The van der Waals surface area contributed by atoms with E-state index in [2.05, 4.69) is 20.4 Å². The van der Waals surface area contributed by atoms with E-state index in [1.807, 2.05) is 50.5 Å². The molecule has 174 valence electrons. The number of rotatable bonds is 7. The third kappa shape index (κ3) is 4.98. The van der Waals surface area contributed by atoms with E-state index in [1.54, 1.807) is 23.2 Å². The predicted molar refractivity (Wildman–Crippen MR) is 125 cm³/mol. The van der Waals surface area contributed by atoms with E-state index in [-0.39, 0.29) is 17.7 Å². The number of hydrogen-bond donors (Lipinski definition) is 1. The second kappa shape index (κ2) is 9.82. The van der Waals surface area contributed by atoms with E-state index < -0.39 is 12.0 Å². The van der Waals surface area contributed by atoms with Crippen molar-refractivity contribution in [1.82, 2.24) is 25.3 Å². The molecule has 1 fully saturated rings. The molecule has 2 amide bonds. The van der Waals surface area contributed by atoms with Gasteiger partial charge >= 0.3 is 0 Å². The predicted octanol–water partition coefficient (Wildman–Crippen LogP) is 3.86. The number of hydrogen-bond acceptors (Lipinski definition) is 7. The molecule has 0 saturated carbocycles. The lowest BCUT2D eigenvalue weighted by atomic mass is 9.93. The van der Waals surface area contributed by atoms with Crippen molar-refractivity contribution in [3.05, 3.63) is 52.7 Å². The second-order valence-electron chi connectivity index (χ2n) is 8.76. The molecule has 0 bridgehead atoms. The summed E-state index contributed by atoms with van der Waals surface area (Å²) in [6, 6.07) is 7.64. The number of thiazole rings is 1. The fourth-order valence-corrected chi connectivity index (χ4v) is 5.09. The molecule has 2 atom stereocenters. The molecular formula is C24H29N5O3S. The van der Waals surface area contributed by atoms with Crippen LogP contribution in [0.3, 0.4) is 0 Å². The Morgan fingerprint density at radius 3 is 2.61 bits per heavy atom. The maximum atomic E-state index is 13.4. The summed E-state index contributed by atoms with van der Waals surface area (Å²) in [5.41, 5.74) is 4.99. The smallest absolute Gasteiger partial charge is 0.243 e. The third-order valence-corrected chi connectivity index (χ3v) is 7.00. The number of carbonyl (C=O) groups is 2. The number of benzene rings is 1. The van der Waals surface area contributed by atoms with Crippen LogP contribution in [0.4, 0.5) is 0 Å². The van der Waals surface area contributed by atoms with E-state index in [1.165, 1.54) is 0 Å². The fraction of sp³-hybridized carbons (Fsp3) is 0.458. The van der Waals surface area contributed by atoms with Gasteiger partial charge in [0.2, 0.25) is 17.7 Å². The molecule has 1 unspecified atom stereocenters. The van der Waals surface area contributed by atoms with Crippen LogP contribution in [-0.4, -0.2) is 44.4 Å². The van der Waals surface area contributed by atoms with Gasteiger partial charge in [-0.15, -0.1) is 11.3 Å². The van der Waals surface area contributed by atoms with E-state index >= 15 is 0 Å². The summed E-state index contributed by atoms with van der Waals surface area (Å²) < 4.78 is 5.09. The molecule has 8 nitrogen and oxygen atoms in total. The molecule has 1 aliphatic rings. The summed E-state index contributed by atoms with van der Waals surface area (Å²) in [5.74, 6) is 0.0198. The van der Waals surface area contributed by atoms with Gasteiger partial charge in [0.05, 0.1) is 16.1 Å². The maximum absolute atomic E-state index is 13.4. The summed E-state index contributed by atoms with van der Waals surface area (Å²) in [6.07, 6.45) is 1.44. The van der Waals surface area contributed by atoms with Gasteiger partial charge in [-0.3, -0.25) is 9.59 Å². The highest BCUT2D eigenvalue weighted by Crippen LogP contribution is 2.29. The monoisotopic (exact) mass is 467 g/mol. The Labute approximate surface area is 197 Å². The average molecular weight is 468 g/mol. The summed E-state index contributed by atoms with van der Waals surface area (Å²) in [5, 5.41) is 6.98. The van der Waals surface area contributed by atoms with Gasteiger partial charge in [0.1, 0.15) is 12.0 Å². The van der Waals surface area contributed by atoms with Gasteiger partial charge in [-0.05, 0) is 36.8 Å². The van der Waals surface area contributed by atoms with Crippen LogP contribution >= 0.6 is 11.3 Å². The zero-order valence-corrected chi connectivity index (χ0v) is 20.2. The van der Waals surface area contributed by atoms with Gasteiger partial charge in [0, 0.05) is 20.0 Å². The Balaban J connectivity index is 1.40. The Morgan fingerprint density at radius 1 is 1.24 bits per heavy atom. The Hall–Kier alpha value is -3.07. The molecule has 0 aliphatic carbocycles. The summed E-state index contributed by atoms with van der Waals surface area (Å²) in [4.78, 5) is 37.8. The van der Waals surface area contributed by atoms with Crippen molar-refractivity contribution in [2.45, 2.75) is 59.0 Å². The zero-order valence-electron chi connectivity index (χ0n) is 19.4. The molecule has 2 aromatic heterocycles. The quantitative estimate of drug-likeness (QED) is 0.566. The van der Waals surface area contributed by atoms with Crippen LogP contribution in [0.2, 0.25) is 0 Å². The van der Waals surface area contributed by atoms with Crippen molar-refractivity contribution in [1.29, 1.82) is 0 Å². The van der Waals surface area contributed by atoms with Crippen molar-refractivity contribution in [2.24, 2.45) is 5.92 Å². The maximum Gasteiger partial charge on any atom is 0.243 e. The van der Waals surface area contributed by atoms with Crippen LogP contribution in [0.15, 0.2) is 34.3 Å². The van der Waals surface area contributed by atoms with Crippen molar-refractivity contribution < 1.29 is 14.1 Å². The van der Waals surface area contributed by atoms with Crippen molar-refractivity contribution in [3.63, 3.8) is 0 Å². The Kier molecular flexibility index (Phi) is 6.88.